The summed E-state index contributed by atoms with van der Waals surface area (Å²) in [7, 11) is 0. The SMILES string of the molecule is N#CCCNC(=O)N/C=C/C1CCCCC1. The lowest BCUT2D eigenvalue weighted by molar-refractivity contribution is 0.244. The predicted octanol–water partition coefficient (Wildman–Crippen LogP) is 2.29. The van der Waals surface area contributed by atoms with Crippen LogP contribution in [0.2, 0.25) is 0 Å². The molecule has 4 heteroatoms. The van der Waals surface area contributed by atoms with Crippen LogP contribution >= 0.6 is 0 Å². The van der Waals surface area contributed by atoms with E-state index in [1.54, 1.807) is 6.20 Å². The van der Waals surface area contributed by atoms with Gasteiger partial charge in [0, 0.05) is 12.7 Å². The van der Waals surface area contributed by atoms with Gasteiger partial charge < -0.3 is 10.6 Å². The van der Waals surface area contributed by atoms with Crippen molar-refractivity contribution in [3.8, 4) is 6.07 Å². The summed E-state index contributed by atoms with van der Waals surface area (Å²) in [6.07, 6.45) is 10.5. The molecule has 0 atom stereocenters. The predicted molar refractivity (Wildman–Crippen MR) is 62.5 cm³/mol. The van der Waals surface area contributed by atoms with Crippen molar-refractivity contribution in [2.24, 2.45) is 5.92 Å². The first-order valence-electron chi connectivity index (χ1n) is 5.91. The molecule has 0 aromatic carbocycles. The van der Waals surface area contributed by atoms with E-state index in [0.717, 1.165) is 0 Å². The van der Waals surface area contributed by atoms with Crippen LogP contribution < -0.4 is 10.6 Å². The molecule has 1 fully saturated rings. The van der Waals surface area contributed by atoms with E-state index in [4.69, 9.17) is 5.26 Å². The van der Waals surface area contributed by atoms with Crippen molar-refractivity contribution < 1.29 is 4.79 Å². The van der Waals surface area contributed by atoms with E-state index in [1.807, 2.05) is 6.07 Å². The molecule has 2 amide bonds. The fourth-order valence-electron chi connectivity index (χ4n) is 1.87. The van der Waals surface area contributed by atoms with Crippen molar-refractivity contribution in [2.75, 3.05) is 6.54 Å². The van der Waals surface area contributed by atoms with Crippen molar-refractivity contribution in [3.63, 3.8) is 0 Å². The third kappa shape index (κ3) is 5.40. The Morgan fingerprint density at radius 1 is 1.38 bits per heavy atom. The highest BCUT2D eigenvalue weighted by Gasteiger charge is 2.09. The number of amides is 2. The van der Waals surface area contributed by atoms with E-state index in [-0.39, 0.29) is 6.03 Å². The Balaban J connectivity index is 2.10. The summed E-state index contributed by atoms with van der Waals surface area (Å²) < 4.78 is 0. The number of nitrogens with zero attached hydrogens (tertiary/aromatic N) is 1. The number of carbonyl (C=O) groups is 1. The molecule has 1 aliphatic rings. The quantitative estimate of drug-likeness (QED) is 0.715. The fourth-order valence-corrected chi connectivity index (χ4v) is 1.87. The molecule has 0 aliphatic heterocycles. The van der Waals surface area contributed by atoms with Crippen LogP contribution in [0.15, 0.2) is 12.3 Å². The fraction of sp³-hybridized carbons (Fsp3) is 0.667. The summed E-state index contributed by atoms with van der Waals surface area (Å²) in [4.78, 5) is 11.2. The van der Waals surface area contributed by atoms with Gasteiger partial charge in [-0.05, 0) is 18.8 Å². The first kappa shape index (κ1) is 12.6. The van der Waals surface area contributed by atoms with E-state index in [1.165, 1.54) is 32.1 Å². The average molecular weight is 221 g/mol. The summed E-state index contributed by atoms with van der Waals surface area (Å²) in [6.45, 7) is 0.402. The summed E-state index contributed by atoms with van der Waals surface area (Å²) in [6, 6.07) is 1.74. The van der Waals surface area contributed by atoms with Gasteiger partial charge in [-0.3, -0.25) is 0 Å². The Morgan fingerprint density at radius 2 is 2.12 bits per heavy atom. The van der Waals surface area contributed by atoms with E-state index >= 15 is 0 Å². The molecular formula is C12H19N3O. The number of nitriles is 1. The van der Waals surface area contributed by atoms with E-state index in [2.05, 4.69) is 16.7 Å². The van der Waals surface area contributed by atoms with Crippen molar-refractivity contribution >= 4 is 6.03 Å². The van der Waals surface area contributed by atoms with Crippen LogP contribution in [0.3, 0.4) is 0 Å². The minimum atomic E-state index is -0.234. The molecule has 16 heavy (non-hydrogen) atoms. The number of rotatable bonds is 4. The van der Waals surface area contributed by atoms with Crippen molar-refractivity contribution in [2.45, 2.75) is 38.5 Å². The van der Waals surface area contributed by atoms with Crippen LogP contribution in [0, 0.1) is 17.2 Å². The Labute approximate surface area is 96.7 Å². The molecular weight excluding hydrogens is 202 g/mol. The largest absolute Gasteiger partial charge is 0.337 e. The summed E-state index contributed by atoms with van der Waals surface area (Å²) in [5.41, 5.74) is 0. The van der Waals surface area contributed by atoms with Crippen molar-refractivity contribution in [1.82, 2.24) is 10.6 Å². The lowest BCUT2D eigenvalue weighted by atomic mass is 9.89. The zero-order valence-electron chi connectivity index (χ0n) is 9.54. The molecule has 2 N–H and O–H groups in total. The average Bonchev–Trinajstić information content (AvgIpc) is 2.31. The Kier molecular flexibility index (Phi) is 6.09. The Morgan fingerprint density at radius 3 is 2.81 bits per heavy atom. The van der Waals surface area contributed by atoms with Gasteiger partial charge in [-0.1, -0.05) is 25.3 Å². The minimum absolute atomic E-state index is 0.234. The lowest BCUT2D eigenvalue weighted by Crippen LogP contribution is -2.32. The zero-order valence-corrected chi connectivity index (χ0v) is 9.54. The van der Waals surface area contributed by atoms with Gasteiger partial charge in [-0.2, -0.15) is 5.26 Å². The molecule has 1 aliphatic carbocycles. The summed E-state index contributed by atoms with van der Waals surface area (Å²) >= 11 is 0. The molecule has 0 aromatic heterocycles. The monoisotopic (exact) mass is 221 g/mol. The third-order valence-corrected chi connectivity index (χ3v) is 2.76. The highest BCUT2D eigenvalue weighted by Crippen LogP contribution is 2.24. The Bertz CT molecular complexity index is 274. The molecule has 0 unspecified atom stereocenters. The lowest BCUT2D eigenvalue weighted by Gasteiger charge is -2.17. The summed E-state index contributed by atoms with van der Waals surface area (Å²) in [5.74, 6) is 0.619. The number of urea groups is 1. The number of allylic oxidation sites excluding steroid dienone is 1. The van der Waals surface area contributed by atoms with Gasteiger partial charge in [-0.15, -0.1) is 0 Å². The van der Waals surface area contributed by atoms with E-state index < -0.39 is 0 Å². The van der Waals surface area contributed by atoms with Gasteiger partial charge in [0.05, 0.1) is 12.5 Å². The molecule has 4 nitrogen and oxygen atoms in total. The standard InChI is InChI=1S/C12H19N3O/c13-8-4-9-14-12(16)15-10-7-11-5-2-1-3-6-11/h7,10-11H,1-6,9H2,(H2,14,15,16)/b10-7+. The second-order valence-corrected chi connectivity index (χ2v) is 4.07. The molecule has 88 valence electrons. The molecule has 0 heterocycles. The maximum atomic E-state index is 11.2. The number of nitrogens with one attached hydrogen (secondary N) is 2. The van der Waals surface area contributed by atoms with Gasteiger partial charge in [0.1, 0.15) is 0 Å². The van der Waals surface area contributed by atoms with Crippen LogP contribution in [0.4, 0.5) is 4.79 Å². The normalized spacial score (nSPS) is 16.9. The highest BCUT2D eigenvalue weighted by molar-refractivity contribution is 5.74. The van der Waals surface area contributed by atoms with E-state index in [0.29, 0.717) is 18.9 Å². The molecule has 1 rings (SSSR count). The van der Waals surface area contributed by atoms with Gasteiger partial charge in [0.15, 0.2) is 0 Å². The number of hydrogen-bond donors (Lipinski definition) is 2. The zero-order chi connectivity index (χ0) is 11.6. The maximum Gasteiger partial charge on any atom is 0.318 e. The molecule has 0 saturated heterocycles. The first-order chi connectivity index (χ1) is 7.83. The van der Waals surface area contributed by atoms with Gasteiger partial charge in [-0.25, -0.2) is 4.79 Å². The first-order valence-corrected chi connectivity index (χ1v) is 5.91. The number of carbonyl (C=O) groups excluding carboxylic acids is 1. The second-order valence-electron chi connectivity index (χ2n) is 4.07. The molecule has 0 aromatic rings. The van der Waals surface area contributed by atoms with Crippen molar-refractivity contribution in [3.05, 3.63) is 12.3 Å². The minimum Gasteiger partial charge on any atom is -0.337 e. The van der Waals surface area contributed by atoms with Gasteiger partial charge in [0.2, 0.25) is 0 Å². The van der Waals surface area contributed by atoms with Crippen LogP contribution in [-0.2, 0) is 0 Å². The van der Waals surface area contributed by atoms with Crippen molar-refractivity contribution in [1.29, 1.82) is 5.26 Å². The van der Waals surface area contributed by atoms with Crippen LogP contribution in [0.5, 0.6) is 0 Å². The second kappa shape index (κ2) is 7.75. The third-order valence-electron chi connectivity index (χ3n) is 2.76. The maximum absolute atomic E-state index is 11.2. The van der Waals surface area contributed by atoms with Gasteiger partial charge >= 0.3 is 6.03 Å². The summed E-state index contributed by atoms with van der Waals surface area (Å²) in [5, 5.41) is 13.5. The molecule has 0 spiro atoms. The topological polar surface area (TPSA) is 64.9 Å². The van der Waals surface area contributed by atoms with Crippen LogP contribution in [0.25, 0.3) is 0 Å². The number of hydrogen-bond acceptors (Lipinski definition) is 2. The smallest absolute Gasteiger partial charge is 0.318 e. The Hall–Kier alpha value is -1.50. The van der Waals surface area contributed by atoms with Crippen LogP contribution in [-0.4, -0.2) is 12.6 Å². The molecule has 0 radical (unpaired) electrons. The van der Waals surface area contributed by atoms with E-state index in [9.17, 15) is 4.79 Å². The highest BCUT2D eigenvalue weighted by atomic mass is 16.2. The molecule has 0 bridgehead atoms. The molecule has 1 saturated carbocycles. The van der Waals surface area contributed by atoms with Gasteiger partial charge in [0.25, 0.3) is 0 Å². The van der Waals surface area contributed by atoms with Crippen LogP contribution in [0.1, 0.15) is 38.5 Å².